The molecule has 0 bridgehead atoms. The fourth-order valence-corrected chi connectivity index (χ4v) is 4.17. The molecule has 9 nitrogen and oxygen atoms in total. The number of benzene rings is 2. The minimum atomic E-state index is -3.87. The second-order valence-electron chi connectivity index (χ2n) is 6.78. The van der Waals surface area contributed by atoms with Gasteiger partial charge >= 0.3 is 0 Å². The number of sulfonamides is 1. The maximum Gasteiger partial charge on any atom is 0.265 e. The molecule has 0 atom stereocenters. The van der Waals surface area contributed by atoms with Crippen LogP contribution >= 0.6 is 0 Å². The number of nitrogens with zero attached hydrogens (tertiary/aromatic N) is 3. The Bertz CT molecular complexity index is 1190. The Morgan fingerprint density at radius 1 is 1.17 bits per heavy atom. The molecule has 0 radical (unpaired) electrons. The molecule has 0 spiro atoms. The number of aromatic nitrogens is 2. The summed E-state index contributed by atoms with van der Waals surface area (Å²) in [4.78, 5) is 17.9. The van der Waals surface area contributed by atoms with E-state index in [2.05, 4.69) is 14.9 Å². The van der Waals surface area contributed by atoms with E-state index in [-0.39, 0.29) is 24.0 Å². The zero-order valence-corrected chi connectivity index (χ0v) is 17.3. The van der Waals surface area contributed by atoms with E-state index in [1.54, 1.807) is 19.1 Å². The van der Waals surface area contributed by atoms with Gasteiger partial charge in [0.05, 0.1) is 17.1 Å². The average molecular weight is 428 g/mol. The molecule has 1 aromatic heterocycles. The Hall–Kier alpha value is -3.40. The number of carbonyl (C=O) groups excluding carboxylic acids is 1. The van der Waals surface area contributed by atoms with Crippen molar-refractivity contribution in [1.29, 1.82) is 0 Å². The molecule has 10 heteroatoms. The van der Waals surface area contributed by atoms with Crippen LogP contribution in [-0.4, -0.2) is 31.1 Å². The zero-order valence-electron chi connectivity index (χ0n) is 16.5. The van der Waals surface area contributed by atoms with Crippen LogP contribution in [0.4, 0.5) is 11.4 Å². The smallest absolute Gasteiger partial charge is 0.265 e. The van der Waals surface area contributed by atoms with E-state index in [1.807, 2.05) is 19.1 Å². The normalized spacial score (nSPS) is 13.7. The monoisotopic (exact) mass is 428 g/mol. The van der Waals surface area contributed by atoms with E-state index in [4.69, 9.17) is 9.26 Å². The van der Waals surface area contributed by atoms with Crippen molar-refractivity contribution in [3.8, 4) is 5.75 Å². The lowest BCUT2D eigenvalue weighted by Gasteiger charge is -2.28. The van der Waals surface area contributed by atoms with Crippen LogP contribution in [0.15, 0.2) is 51.9 Å². The van der Waals surface area contributed by atoms with Gasteiger partial charge in [-0.2, -0.15) is 4.98 Å². The predicted molar refractivity (Wildman–Crippen MR) is 109 cm³/mol. The van der Waals surface area contributed by atoms with Crippen molar-refractivity contribution < 1.29 is 22.5 Å². The van der Waals surface area contributed by atoms with Gasteiger partial charge in [-0.3, -0.25) is 14.4 Å². The molecule has 156 valence electrons. The van der Waals surface area contributed by atoms with E-state index >= 15 is 0 Å². The van der Waals surface area contributed by atoms with Crippen LogP contribution in [0.3, 0.4) is 0 Å². The number of rotatable bonds is 6. The number of carbonyl (C=O) groups is 1. The molecule has 0 saturated carbocycles. The Balaban J connectivity index is 1.64. The van der Waals surface area contributed by atoms with Crippen LogP contribution in [0.1, 0.15) is 24.2 Å². The summed E-state index contributed by atoms with van der Waals surface area (Å²) in [6.07, 6.45) is 0.863. The number of amides is 1. The first kappa shape index (κ1) is 19.9. The van der Waals surface area contributed by atoms with Gasteiger partial charge in [0.25, 0.3) is 15.9 Å². The van der Waals surface area contributed by atoms with E-state index in [1.165, 1.54) is 23.1 Å². The molecular weight excluding hydrogens is 408 g/mol. The highest BCUT2D eigenvalue weighted by molar-refractivity contribution is 7.92. The van der Waals surface area contributed by atoms with Crippen molar-refractivity contribution in [3.63, 3.8) is 0 Å². The molecule has 1 N–H and O–H groups in total. The van der Waals surface area contributed by atoms with Crippen LogP contribution in [0.5, 0.6) is 5.75 Å². The quantitative estimate of drug-likeness (QED) is 0.642. The SMILES string of the molecule is CCc1ccc(NS(=O)(=O)c2ccc3c(c2)N(Cc2noc(C)n2)C(=O)CO3)cc1. The number of aryl methyl sites for hydroxylation is 2. The summed E-state index contributed by atoms with van der Waals surface area (Å²) < 4.78 is 38.8. The molecule has 0 saturated heterocycles. The van der Waals surface area contributed by atoms with Gasteiger partial charge in [-0.15, -0.1) is 0 Å². The number of ether oxygens (including phenoxy) is 1. The maximum atomic E-state index is 12.9. The first-order valence-corrected chi connectivity index (χ1v) is 10.8. The van der Waals surface area contributed by atoms with Gasteiger partial charge in [-0.1, -0.05) is 24.2 Å². The Kier molecular flexibility index (Phi) is 5.17. The van der Waals surface area contributed by atoms with Gasteiger partial charge in [0.15, 0.2) is 12.4 Å². The molecule has 1 amide bonds. The van der Waals surface area contributed by atoms with Crippen LogP contribution in [0.2, 0.25) is 0 Å². The van der Waals surface area contributed by atoms with Crippen molar-refractivity contribution >= 4 is 27.3 Å². The summed E-state index contributed by atoms with van der Waals surface area (Å²) in [5, 5.41) is 3.81. The molecule has 4 rings (SSSR count). The minimum Gasteiger partial charge on any atom is -0.482 e. The number of fused-ring (bicyclic) bond motifs is 1. The standard InChI is InChI=1S/C20H20N4O5S/c1-3-14-4-6-15(7-5-14)23-30(26,27)16-8-9-18-17(10-16)24(20(25)12-28-18)11-19-21-13(2)29-22-19/h4-10,23H,3,11-12H2,1-2H3. The number of hydrogen-bond acceptors (Lipinski definition) is 7. The van der Waals surface area contributed by atoms with E-state index in [0.29, 0.717) is 28.8 Å². The van der Waals surface area contributed by atoms with Gasteiger partial charge in [0.2, 0.25) is 5.89 Å². The summed E-state index contributed by atoms with van der Waals surface area (Å²) >= 11 is 0. The van der Waals surface area contributed by atoms with Crippen molar-refractivity contribution in [1.82, 2.24) is 10.1 Å². The Morgan fingerprint density at radius 3 is 2.60 bits per heavy atom. The summed E-state index contributed by atoms with van der Waals surface area (Å²) in [5.74, 6) is 0.764. The molecule has 30 heavy (non-hydrogen) atoms. The average Bonchev–Trinajstić information content (AvgIpc) is 3.15. The number of hydrogen-bond donors (Lipinski definition) is 1. The fourth-order valence-electron chi connectivity index (χ4n) is 3.09. The van der Waals surface area contributed by atoms with Crippen LogP contribution < -0.4 is 14.4 Å². The van der Waals surface area contributed by atoms with Crippen LogP contribution in [0.25, 0.3) is 0 Å². The third-order valence-electron chi connectivity index (χ3n) is 4.67. The molecule has 1 aliphatic rings. The number of anilines is 2. The van der Waals surface area contributed by atoms with Crippen molar-refractivity contribution in [3.05, 3.63) is 59.7 Å². The topological polar surface area (TPSA) is 115 Å². The van der Waals surface area contributed by atoms with E-state index in [9.17, 15) is 13.2 Å². The summed E-state index contributed by atoms with van der Waals surface area (Å²) in [7, 11) is -3.87. The van der Waals surface area contributed by atoms with Gasteiger partial charge in [-0.25, -0.2) is 8.42 Å². The third kappa shape index (κ3) is 3.99. The molecule has 2 aromatic carbocycles. The lowest BCUT2D eigenvalue weighted by Crippen LogP contribution is -2.38. The molecule has 0 aliphatic carbocycles. The highest BCUT2D eigenvalue weighted by Gasteiger charge is 2.29. The minimum absolute atomic E-state index is 0.00779. The van der Waals surface area contributed by atoms with Crippen LogP contribution in [0, 0.1) is 6.92 Å². The van der Waals surface area contributed by atoms with Crippen molar-refractivity contribution in [2.75, 3.05) is 16.2 Å². The number of nitrogens with one attached hydrogen (secondary N) is 1. The van der Waals surface area contributed by atoms with Crippen molar-refractivity contribution in [2.24, 2.45) is 0 Å². The highest BCUT2D eigenvalue weighted by Crippen LogP contribution is 2.35. The summed E-state index contributed by atoms with van der Waals surface area (Å²) in [5.41, 5.74) is 1.89. The maximum absolute atomic E-state index is 12.9. The second kappa shape index (κ2) is 7.79. The molecule has 1 aliphatic heterocycles. The van der Waals surface area contributed by atoms with Gasteiger partial charge in [0, 0.05) is 12.6 Å². The molecule has 0 fully saturated rings. The fraction of sp³-hybridized carbons (Fsp3) is 0.250. The Morgan fingerprint density at radius 2 is 1.93 bits per heavy atom. The molecular formula is C20H20N4O5S. The van der Waals surface area contributed by atoms with Crippen LogP contribution in [-0.2, 0) is 27.8 Å². The molecule has 0 unspecified atom stereocenters. The lowest BCUT2D eigenvalue weighted by atomic mass is 10.2. The molecule has 3 aromatic rings. The largest absolute Gasteiger partial charge is 0.482 e. The summed E-state index contributed by atoms with van der Waals surface area (Å²) in [6, 6.07) is 11.5. The highest BCUT2D eigenvalue weighted by atomic mass is 32.2. The first-order chi connectivity index (χ1) is 14.4. The van der Waals surface area contributed by atoms with Crippen molar-refractivity contribution in [2.45, 2.75) is 31.7 Å². The Labute approximate surface area is 173 Å². The first-order valence-electron chi connectivity index (χ1n) is 9.34. The predicted octanol–water partition coefficient (Wildman–Crippen LogP) is 2.67. The third-order valence-corrected chi connectivity index (χ3v) is 6.05. The second-order valence-corrected chi connectivity index (χ2v) is 8.47. The van der Waals surface area contributed by atoms with E-state index in [0.717, 1.165) is 12.0 Å². The van der Waals surface area contributed by atoms with Gasteiger partial charge in [-0.05, 0) is 42.3 Å². The lowest BCUT2D eigenvalue weighted by molar-refractivity contribution is -0.121. The zero-order chi connectivity index (χ0) is 21.3. The van der Waals surface area contributed by atoms with E-state index < -0.39 is 10.0 Å². The molecule has 2 heterocycles. The summed E-state index contributed by atoms with van der Waals surface area (Å²) in [6.45, 7) is 3.56. The van der Waals surface area contributed by atoms with Gasteiger partial charge in [0.1, 0.15) is 5.75 Å². The van der Waals surface area contributed by atoms with Gasteiger partial charge < -0.3 is 9.26 Å².